The molecule has 1 aromatic heterocycles. The monoisotopic (exact) mass is 406 g/mol. The zero-order chi connectivity index (χ0) is 20.3. The summed E-state index contributed by atoms with van der Waals surface area (Å²) in [7, 11) is 0. The molecule has 2 heterocycles. The Morgan fingerprint density at radius 2 is 2.11 bits per heavy atom. The quantitative estimate of drug-likeness (QED) is 0.679. The topological polar surface area (TPSA) is 41.9 Å². The Balaban J connectivity index is 1.72. The highest BCUT2D eigenvalue weighted by molar-refractivity contribution is 7.12. The first-order chi connectivity index (χ1) is 13.2. The van der Waals surface area contributed by atoms with Crippen molar-refractivity contribution < 1.29 is 18.4 Å². The number of thiophene rings is 1. The van der Waals surface area contributed by atoms with Gasteiger partial charge in [0.25, 0.3) is 0 Å². The van der Waals surface area contributed by atoms with Gasteiger partial charge in [0.1, 0.15) is 17.3 Å². The fourth-order valence-electron chi connectivity index (χ4n) is 3.04. The van der Waals surface area contributed by atoms with E-state index in [1.165, 1.54) is 12.1 Å². The van der Waals surface area contributed by atoms with Crippen LogP contribution in [0.5, 0.6) is 0 Å². The Bertz CT molecular complexity index is 860. The molecule has 1 amide bonds. The third kappa shape index (κ3) is 5.38. The van der Waals surface area contributed by atoms with Crippen LogP contribution in [0.25, 0.3) is 0 Å². The highest BCUT2D eigenvalue weighted by Gasteiger charge is 2.29. The Morgan fingerprint density at radius 1 is 1.32 bits per heavy atom. The van der Waals surface area contributed by atoms with Crippen LogP contribution < -0.4 is 0 Å². The average Bonchev–Trinajstić information content (AvgIpc) is 3.26. The predicted molar refractivity (Wildman–Crippen MR) is 106 cm³/mol. The normalized spacial score (nSPS) is 16.6. The Morgan fingerprint density at radius 3 is 2.75 bits per heavy atom. The number of hydrogen-bond acceptors (Lipinski definition) is 4. The van der Waals surface area contributed by atoms with Crippen molar-refractivity contribution >= 4 is 23.0 Å². The Kier molecular flexibility index (Phi) is 6.13. The molecule has 0 saturated carbocycles. The van der Waals surface area contributed by atoms with Gasteiger partial charge in [-0.1, -0.05) is 38.1 Å². The number of carbonyl (C=O) groups is 1. The molecule has 2 aromatic rings. The molecule has 0 radical (unpaired) electrons. The SMILES string of the molecule is CC(C)(C)CC(=O)N(Cc1ccc(F)cc1F)C[C@@H]1CC(c2cccs2)=NO1. The first-order valence-corrected chi connectivity index (χ1v) is 10.1. The Labute approximate surface area is 167 Å². The van der Waals surface area contributed by atoms with E-state index in [9.17, 15) is 13.6 Å². The summed E-state index contributed by atoms with van der Waals surface area (Å²) in [5.74, 6) is -1.39. The second-order valence-electron chi connectivity index (χ2n) is 8.19. The van der Waals surface area contributed by atoms with Gasteiger partial charge in [0.2, 0.25) is 5.91 Å². The molecule has 28 heavy (non-hydrogen) atoms. The summed E-state index contributed by atoms with van der Waals surface area (Å²) in [6, 6.07) is 7.35. The van der Waals surface area contributed by atoms with Crippen molar-refractivity contribution in [1.82, 2.24) is 4.90 Å². The average molecular weight is 406 g/mol. The number of nitrogens with zero attached hydrogens (tertiary/aromatic N) is 2. The number of amides is 1. The summed E-state index contributed by atoms with van der Waals surface area (Å²) in [5, 5.41) is 6.12. The van der Waals surface area contributed by atoms with E-state index >= 15 is 0 Å². The summed E-state index contributed by atoms with van der Waals surface area (Å²) in [6.07, 6.45) is 0.622. The molecule has 7 heteroatoms. The minimum atomic E-state index is -0.656. The molecule has 0 aliphatic carbocycles. The van der Waals surface area contributed by atoms with Crippen molar-refractivity contribution in [1.29, 1.82) is 0 Å². The standard InChI is InChI=1S/C21H24F2N2O2S/c1-21(2,3)11-20(26)25(12-14-6-7-15(22)9-17(14)23)13-16-10-18(24-27-16)19-5-4-8-28-19/h4-9,16H,10-13H2,1-3H3/t16-/m0/s1. The van der Waals surface area contributed by atoms with E-state index in [4.69, 9.17) is 4.84 Å². The first kappa shape index (κ1) is 20.5. The Hall–Kier alpha value is -2.28. The van der Waals surface area contributed by atoms with Gasteiger partial charge in [-0.25, -0.2) is 8.78 Å². The summed E-state index contributed by atoms with van der Waals surface area (Å²) in [4.78, 5) is 21.0. The summed E-state index contributed by atoms with van der Waals surface area (Å²) < 4.78 is 27.4. The van der Waals surface area contributed by atoms with E-state index in [0.717, 1.165) is 16.7 Å². The van der Waals surface area contributed by atoms with Crippen LogP contribution in [0.15, 0.2) is 40.9 Å². The van der Waals surface area contributed by atoms with Crippen LogP contribution in [0.1, 0.15) is 44.1 Å². The molecule has 150 valence electrons. The van der Waals surface area contributed by atoms with Crippen molar-refractivity contribution in [2.45, 2.75) is 46.3 Å². The summed E-state index contributed by atoms with van der Waals surface area (Å²) in [5.41, 5.74) is 0.934. The number of halogens is 2. The van der Waals surface area contributed by atoms with Crippen molar-refractivity contribution in [3.05, 3.63) is 57.8 Å². The van der Waals surface area contributed by atoms with Crippen LogP contribution in [-0.4, -0.2) is 29.2 Å². The van der Waals surface area contributed by atoms with Gasteiger partial charge in [-0.15, -0.1) is 11.3 Å². The maximum absolute atomic E-state index is 14.1. The van der Waals surface area contributed by atoms with Crippen molar-refractivity contribution in [2.24, 2.45) is 10.6 Å². The summed E-state index contributed by atoms with van der Waals surface area (Å²) >= 11 is 1.58. The van der Waals surface area contributed by atoms with Gasteiger partial charge >= 0.3 is 0 Å². The first-order valence-electron chi connectivity index (χ1n) is 9.19. The minimum absolute atomic E-state index is 0.0647. The van der Waals surface area contributed by atoms with Crippen molar-refractivity contribution in [2.75, 3.05) is 6.54 Å². The van der Waals surface area contributed by atoms with E-state index in [0.29, 0.717) is 19.4 Å². The zero-order valence-electron chi connectivity index (χ0n) is 16.2. The molecule has 3 rings (SSSR count). The molecule has 0 fully saturated rings. The number of carbonyl (C=O) groups excluding carboxylic acids is 1. The van der Waals surface area contributed by atoms with Crippen molar-refractivity contribution in [3.8, 4) is 0 Å². The lowest BCUT2D eigenvalue weighted by Gasteiger charge is -2.28. The third-order valence-corrected chi connectivity index (χ3v) is 5.29. The molecule has 0 N–H and O–H groups in total. The van der Waals surface area contributed by atoms with Crippen LogP contribution in [0.2, 0.25) is 0 Å². The number of hydrogen-bond donors (Lipinski definition) is 0. The van der Waals surface area contributed by atoms with Crippen LogP contribution in [0.3, 0.4) is 0 Å². The van der Waals surface area contributed by atoms with E-state index in [1.54, 1.807) is 16.2 Å². The maximum atomic E-state index is 14.1. The maximum Gasteiger partial charge on any atom is 0.223 e. The molecule has 0 saturated heterocycles. The van der Waals surface area contributed by atoms with Gasteiger partial charge in [0.05, 0.1) is 11.4 Å². The van der Waals surface area contributed by atoms with Crippen molar-refractivity contribution in [3.63, 3.8) is 0 Å². The lowest BCUT2D eigenvalue weighted by molar-refractivity contribution is -0.135. The third-order valence-electron chi connectivity index (χ3n) is 4.37. The van der Waals surface area contributed by atoms with E-state index in [-0.39, 0.29) is 29.5 Å². The van der Waals surface area contributed by atoms with Gasteiger partial charge in [-0.3, -0.25) is 4.79 Å². The second kappa shape index (κ2) is 8.39. The molecule has 0 bridgehead atoms. The number of rotatable bonds is 6. The van der Waals surface area contributed by atoms with E-state index < -0.39 is 11.6 Å². The highest BCUT2D eigenvalue weighted by Crippen LogP contribution is 2.25. The van der Waals surface area contributed by atoms with Gasteiger partial charge in [-0.2, -0.15) is 0 Å². The van der Waals surface area contributed by atoms with E-state index in [1.807, 2.05) is 38.3 Å². The zero-order valence-corrected chi connectivity index (χ0v) is 17.1. The number of oxime groups is 1. The van der Waals surface area contributed by atoms with Gasteiger partial charge < -0.3 is 9.74 Å². The molecule has 0 unspecified atom stereocenters. The lowest BCUT2D eigenvalue weighted by Crippen LogP contribution is -2.39. The van der Waals surface area contributed by atoms with Crippen LogP contribution in [0.4, 0.5) is 8.78 Å². The van der Waals surface area contributed by atoms with Gasteiger partial charge in [0.15, 0.2) is 6.10 Å². The van der Waals surface area contributed by atoms with Gasteiger partial charge in [0, 0.05) is 31.0 Å². The molecule has 1 aliphatic heterocycles. The molecular weight excluding hydrogens is 382 g/mol. The summed E-state index contributed by atoms with van der Waals surface area (Å²) in [6.45, 7) is 6.29. The minimum Gasteiger partial charge on any atom is -0.390 e. The molecule has 1 aromatic carbocycles. The van der Waals surface area contributed by atoms with Crippen LogP contribution in [0, 0.1) is 17.0 Å². The largest absolute Gasteiger partial charge is 0.390 e. The van der Waals surface area contributed by atoms with E-state index in [2.05, 4.69) is 5.16 Å². The van der Waals surface area contributed by atoms with Crippen LogP contribution in [-0.2, 0) is 16.2 Å². The highest BCUT2D eigenvalue weighted by atomic mass is 32.1. The lowest BCUT2D eigenvalue weighted by atomic mass is 9.91. The smallest absolute Gasteiger partial charge is 0.223 e. The fraction of sp³-hybridized carbons (Fsp3) is 0.429. The predicted octanol–water partition coefficient (Wildman–Crippen LogP) is 4.98. The molecule has 1 atom stereocenters. The number of benzene rings is 1. The molecular formula is C21H24F2N2O2S. The second-order valence-corrected chi connectivity index (χ2v) is 9.14. The van der Waals surface area contributed by atoms with Gasteiger partial charge in [-0.05, 0) is 22.9 Å². The molecule has 0 spiro atoms. The molecule has 4 nitrogen and oxygen atoms in total. The van der Waals surface area contributed by atoms with Crippen LogP contribution >= 0.6 is 11.3 Å². The molecule has 1 aliphatic rings. The fourth-order valence-corrected chi connectivity index (χ4v) is 3.75.